The fourth-order valence-electron chi connectivity index (χ4n) is 1.82. The van der Waals surface area contributed by atoms with Crippen molar-refractivity contribution in [2.75, 3.05) is 4.72 Å². The molecule has 2 heterocycles. The summed E-state index contributed by atoms with van der Waals surface area (Å²) in [5.41, 5.74) is 0.950. The van der Waals surface area contributed by atoms with Crippen molar-refractivity contribution in [3.8, 4) is 0 Å². The van der Waals surface area contributed by atoms with E-state index in [2.05, 4.69) is 19.7 Å². The van der Waals surface area contributed by atoms with Gasteiger partial charge in [-0.3, -0.25) is 9.71 Å². The first kappa shape index (κ1) is 12.9. The number of aromatic nitrogens is 3. The predicted molar refractivity (Wildman–Crippen MR) is 76.1 cm³/mol. The number of anilines is 1. The van der Waals surface area contributed by atoms with Crippen molar-refractivity contribution in [2.24, 2.45) is 0 Å². The number of fused-ring (bicyclic) bond motifs is 1. The summed E-state index contributed by atoms with van der Waals surface area (Å²) in [5.74, 6) is 0. The van der Waals surface area contributed by atoms with Gasteiger partial charge in [-0.05, 0) is 24.3 Å². The van der Waals surface area contributed by atoms with Crippen LogP contribution < -0.4 is 4.72 Å². The van der Waals surface area contributed by atoms with Crippen LogP contribution in [0.3, 0.4) is 0 Å². The van der Waals surface area contributed by atoms with E-state index in [1.807, 2.05) is 0 Å². The van der Waals surface area contributed by atoms with Gasteiger partial charge in [-0.1, -0.05) is 11.6 Å². The zero-order valence-corrected chi connectivity index (χ0v) is 11.6. The van der Waals surface area contributed by atoms with Crippen molar-refractivity contribution in [1.82, 2.24) is 15.0 Å². The molecule has 3 aromatic rings. The van der Waals surface area contributed by atoms with Gasteiger partial charge in [-0.15, -0.1) is 0 Å². The minimum atomic E-state index is -3.71. The fraction of sp³-hybridized carbons (Fsp3) is 0. The zero-order chi connectivity index (χ0) is 14.2. The number of aromatic amines is 1. The normalized spacial score (nSPS) is 11.7. The molecule has 0 bridgehead atoms. The van der Waals surface area contributed by atoms with E-state index in [0.29, 0.717) is 21.6 Å². The molecule has 102 valence electrons. The molecule has 0 atom stereocenters. The molecule has 2 N–H and O–H groups in total. The zero-order valence-electron chi connectivity index (χ0n) is 10.0. The number of H-pyrrole nitrogens is 1. The second kappa shape index (κ2) is 4.77. The van der Waals surface area contributed by atoms with E-state index in [4.69, 9.17) is 11.6 Å². The van der Waals surface area contributed by atoms with Crippen LogP contribution in [0.2, 0.25) is 5.02 Å². The molecule has 0 amide bonds. The Morgan fingerprint density at radius 2 is 2.10 bits per heavy atom. The quantitative estimate of drug-likeness (QED) is 0.777. The smallest absolute Gasteiger partial charge is 0.278 e. The SMILES string of the molecule is O=S(=O)(Nc1ccc(Cl)c2ncccc12)c1cnc[nH]1. The third kappa shape index (κ3) is 2.21. The topological polar surface area (TPSA) is 87.7 Å². The summed E-state index contributed by atoms with van der Waals surface area (Å²) in [5, 5.41) is 1.08. The second-order valence-corrected chi connectivity index (χ2v) is 6.07. The van der Waals surface area contributed by atoms with Crippen molar-refractivity contribution in [2.45, 2.75) is 5.03 Å². The summed E-state index contributed by atoms with van der Waals surface area (Å²) in [6, 6.07) is 6.66. The molecule has 3 rings (SSSR count). The molecule has 1 aromatic carbocycles. The Balaban J connectivity index is 2.11. The van der Waals surface area contributed by atoms with Gasteiger partial charge in [0, 0.05) is 11.6 Å². The highest BCUT2D eigenvalue weighted by Crippen LogP contribution is 2.29. The van der Waals surface area contributed by atoms with Gasteiger partial charge in [0.25, 0.3) is 10.0 Å². The number of hydrogen-bond acceptors (Lipinski definition) is 4. The molecule has 2 aromatic heterocycles. The van der Waals surface area contributed by atoms with E-state index in [-0.39, 0.29) is 5.03 Å². The first-order valence-electron chi connectivity index (χ1n) is 5.62. The number of halogens is 1. The largest absolute Gasteiger partial charge is 0.334 e. The van der Waals surface area contributed by atoms with Crippen LogP contribution in [0.4, 0.5) is 5.69 Å². The maximum absolute atomic E-state index is 12.2. The minimum Gasteiger partial charge on any atom is -0.334 e. The number of nitrogens with zero attached hydrogens (tertiary/aromatic N) is 2. The molecule has 0 fully saturated rings. The maximum atomic E-state index is 12.2. The van der Waals surface area contributed by atoms with Crippen molar-refractivity contribution >= 4 is 38.2 Å². The van der Waals surface area contributed by atoms with Gasteiger partial charge in [0.2, 0.25) is 0 Å². The molecule has 6 nitrogen and oxygen atoms in total. The van der Waals surface area contributed by atoms with Crippen molar-refractivity contribution in [3.05, 3.63) is 48.0 Å². The summed E-state index contributed by atoms with van der Waals surface area (Å²) >= 11 is 6.04. The van der Waals surface area contributed by atoms with Gasteiger partial charge in [-0.25, -0.2) is 4.98 Å². The van der Waals surface area contributed by atoms with Crippen molar-refractivity contribution in [1.29, 1.82) is 0 Å². The van der Waals surface area contributed by atoms with E-state index in [0.717, 1.165) is 0 Å². The van der Waals surface area contributed by atoms with Crippen LogP contribution in [0.25, 0.3) is 10.9 Å². The third-order valence-electron chi connectivity index (χ3n) is 2.73. The van der Waals surface area contributed by atoms with Crippen LogP contribution in [0, 0.1) is 0 Å². The standard InChI is InChI=1S/C12H9ClN4O2S/c13-9-3-4-10(8-2-1-5-15-12(8)9)17-20(18,19)11-6-14-7-16-11/h1-7,17H,(H,14,16). The van der Waals surface area contributed by atoms with E-state index in [1.54, 1.807) is 30.5 Å². The Morgan fingerprint density at radius 1 is 1.25 bits per heavy atom. The molecular weight excluding hydrogens is 300 g/mol. The van der Waals surface area contributed by atoms with Crippen LogP contribution in [-0.4, -0.2) is 23.4 Å². The number of imidazole rings is 1. The molecule has 0 unspecified atom stereocenters. The molecule has 0 aliphatic carbocycles. The molecule has 8 heteroatoms. The van der Waals surface area contributed by atoms with Gasteiger partial charge in [-0.2, -0.15) is 8.42 Å². The molecular formula is C12H9ClN4O2S. The van der Waals surface area contributed by atoms with Crippen LogP contribution >= 0.6 is 11.6 Å². The van der Waals surface area contributed by atoms with Gasteiger partial charge in [0.1, 0.15) is 0 Å². The number of rotatable bonds is 3. The predicted octanol–water partition coefficient (Wildman–Crippen LogP) is 2.41. The van der Waals surface area contributed by atoms with Gasteiger partial charge in [0.15, 0.2) is 5.03 Å². The summed E-state index contributed by atoms with van der Waals surface area (Å²) < 4.78 is 26.8. The monoisotopic (exact) mass is 308 g/mol. The summed E-state index contributed by atoms with van der Waals surface area (Å²) in [6.07, 6.45) is 4.14. The lowest BCUT2D eigenvalue weighted by Crippen LogP contribution is -2.13. The van der Waals surface area contributed by atoms with E-state index in [9.17, 15) is 8.42 Å². The molecule has 0 saturated carbocycles. The lowest BCUT2D eigenvalue weighted by atomic mass is 10.2. The van der Waals surface area contributed by atoms with E-state index < -0.39 is 10.0 Å². The first-order valence-corrected chi connectivity index (χ1v) is 7.48. The van der Waals surface area contributed by atoms with Crippen LogP contribution in [0.5, 0.6) is 0 Å². The van der Waals surface area contributed by atoms with Gasteiger partial charge >= 0.3 is 0 Å². The van der Waals surface area contributed by atoms with Gasteiger partial charge < -0.3 is 4.98 Å². The number of benzene rings is 1. The average Bonchev–Trinajstić information content (AvgIpc) is 2.97. The maximum Gasteiger partial charge on any atom is 0.278 e. The Hall–Kier alpha value is -2.12. The summed E-state index contributed by atoms with van der Waals surface area (Å²) in [6.45, 7) is 0. The van der Waals surface area contributed by atoms with E-state index in [1.165, 1.54) is 12.5 Å². The second-order valence-electron chi connectivity index (χ2n) is 4.02. The highest BCUT2D eigenvalue weighted by molar-refractivity contribution is 7.92. The Labute approximate surface area is 119 Å². The molecule has 0 spiro atoms. The minimum absolute atomic E-state index is 0.00973. The molecule has 0 saturated heterocycles. The fourth-order valence-corrected chi connectivity index (χ4v) is 3.02. The molecule has 0 aliphatic rings. The summed E-state index contributed by atoms with van der Waals surface area (Å²) in [7, 11) is -3.71. The molecule has 0 radical (unpaired) electrons. The Bertz CT molecular complexity index is 862. The third-order valence-corrected chi connectivity index (χ3v) is 4.32. The van der Waals surface area contributed by atoms with Crippen LogP contribution in [-0.2, 0) is 10.0 Å². The number of pyridine rings is 1. The highest BCUT2D eigenvalue weighted by Gasteiger charge is 2.17. The number of hydrogen-bond donors (Lipinski definition) is 2. The number of nitrogens with one attached hydrogen (secondary N) is 2. The van der Waals surface area contributed by atoms with Gasteiger partial charge in [0.05, 0.1) is 28.8 Å². The van der Waals surface area contributed by atoms with Crippen LogP contribution in [0.15, 0.2) is 48.0 Å². The molecule has 0 aliphatic heterocycles. The number of sulfonamides is 1. The first-order chi connectivity index (χ1) is 9.58. The highest BCUT2D eigenvalue weighted by atomic mass is 35.5. The van der Waals surface area contributed by atoms with E-state index >= 15 is 0 Å². The lowest BCUT2D eigenvalue weighted by molar-refractivity contribution is 0.598. The van der Waals surface area contributed by atoms with Crippen molar-refractivity contribution < 1.29 is 8.42 Å². The van der Waals surface area contributed by atoms with Crippen LogP contribution in [0.1, 0.15) is 0 Å². The lowest BCUT2D eigenvalue weighted by Gasteiger charge is -2.09. The Morgan fingerprint density at radius 3 is 2.85 bits per heavy atom. The molecule has 20 heavy (non-hydrogen) atoms. The summed E-state index contributed by atoms with van der Waals surface area (Å²) in [4.78, 5) is 10.4. The Kier molecular flexibility index (Phi) is 3.07. The average molecular weight is 309 g/mol. The van der Waals surface area contributed by atoms with Crippen molar-refractivity contribution in [3.63, 3.8) is 0 Å².